The second-order valence-electron chi connectivity index (χ2n) is 8.34. The van der Waals surface area contributed by atoms with Crippen LogP contribution in [0, 0.1) is 5.92 Å². The topological polar surface area (TPSA) is 110 Å². The molecule has 0 aromatic heterocycles. The van der Waals surface area contributed by atoms with Gasteiger partial charge in [-0.2, -0.15) is 0 Å². The van der Waals surface area contributed by atoms with Gasteiger partial charge in [-0.05, 0) is 68.1 Å². The Morgan fingerprint density at radius 2 is 1.85 bits per heavy atom. The zero-order chi connectivity index (χ0) is 24.5. The third kappa shape index (κ3) is 5.33. The Hall–Kier alpha value is -2.72. The van der Waals surface area contributed by atoms with Crippen LogP contribution in [0.2, 0.25) is 0 Å². The van der Waals surface area contributed by atoms with Gasteiger partial charge in [-0.25, -0.2) is 13.2 Å². The molecule has 2 amide bonds. The van der Waals surface area contributed by atoms with Crippen LogP contribution in [0.25, 0.3) is 0 Å². The summed E-state index contributed by atoms with van der Waals surface area (Å²) >= 11 is 3.38. The van der Waals surface area contributed by atoms with Gasteiger partial charge < -0.3 is 15.0 Å². The van der Waals surface area contributed by atoms with E-state index in [9.17, 15) is 22.8 Å². The van der Waals surface area contributed by atoms with Gasteiger partial charge in [0, 0.05) is 29.0 Å². The van der Waals surface area contributed by atoms with Crippen LogP contribution in [0.15, 0.2) is 45.8 Å². The normalized spacial score (nSPS) is 15.1. The highest BCUT2D eigenvalue weighted by molar-refractivity contribution is 9.10. The first-order valence-electron chi connectivity index (χ1n) is 11.1. The van der Waals surface area contributed by atoms with Crippen molar-refractivity contribution in [2.45, 2.75) is 37.5 Å². The van der Waals surface area contributed by atoms with Crippen molar-refractivity contribution >= 4 is 54.9 Å². The summed E-state index contributed by atoms with van der Waals surface area (Å²) in [6.07, 6.45) is 2.02. The number of benzene rings is 2. The first-order chi connectivity index (χ1) is 16.2. The van der Waals surface area contributed by atoms with E-state index in [0.717, 1.165) is 18.4 Å². The number of fused-ring (bicyclic) bond motifs is 1. The first-order valence-corrected chi connectivity index (χ1v) is 13.6. The summed E-state index contributed by atoms with van der Waals surface area (Å²) in [4.78, 5) is 38.6. The van der Waals surface area contributed by atoms with Crippen molar-refractivity contribution in [3.8, 4) is 0 Å². The Balaban J connectivity index is 1.45. The number of sulfone groups is 1. The van der Waals surface area contributed by atoms with Crippen LogP contribution >= 0.6 is 15.9 Å². The van der Waals surface area contributed by atoms with Crippen molar-refractivity contribution in [2.24, 2.45) is 5.92 Å². The Morgan fingerprint density at radius 3 is 2.50 bits per heavy atom. The number of anilines is 2. The molecule has 0 atom stereocenters. The molecule has 180 valence electrons. The average molecular weight is 549 g/mol. The number of rotatable bonds is 8. The van der Waals surface area contributed by atoms with Gasteiger partial charge in [0.2, 0.25) is 11.8 Å². The maximum absolute atomic E-state index is 13.2. The number of carbonyl (C=O) groups excluding carboxylic acids is 3. The predicted molar refractivity (Wildman–Crippen MR) is 131 cm³/mol. The molecule has 4 rings (SSSR count). The standard InChI is InChI=1S/C24H25BrN2O6S/c1-2-33-24(30)16-5-7-19(8-6-16)26-21(28)10-12-34(31,32)20-14-18(25)13-17-9-11-27(22(17)20)23(29)15-3-4-15/h5-8,13-15H,2-4,9-12H2,1H3,(H,26,28). The van der Waals surface area contributed by atoms with Crippen molar-refractivity contribution in [3.05, 3.63) is 52.0 Å². The van der Waals surface area contributed by atoms with Crippen molar-refractivity contribution in [2.75, 3.05) is 29.1 Å². The minimum Gasteiger partial charge on any atom is -0.462 e. The smallest absolute Gasteiger partial charge is 0.338 e. The molecule has 1 saturated carbocycles. The molecule has 0 radical (unpaired) electrons. The van der Waals surface area contributed by atoms with Crippen molar-refractivity contribution in [3.63, 3.8) is 0 Å². The molecule has 1 N–H and O–H groups in total. The number of nitrogens with zero attached hydrogens (tertiary/aromatic N) is 1. The largest absolute Gasteiger partial charge is 0.462 e. The Labute approximate surface area is 206 Å². The fourth-order valence-corrected chi connectivity index (χ4v) is 6.12. The summed E-state index contributed by atoms with van der Waals surface area (Å²) < 4.78 is 32.0. The molecule has 1 aliphatic carbocycles. The van der Waals surface area contributed by atoms with E-state index in [1.807, 2.05) is 6.07 Å². The quantitative estimate of drug-likeness (QED) is 0.503. The molecule has 1 fully saturated rings. The molecule has 2 aliphatic rings. The SMILES string of the molecule is CCOC(=O)c1ccc(NC(=O)CCS(=O)(=O)c2cc(Br)cc3c2N(C(=O)C2CC2)CC3)cc1. The molecule has 0 saturated heterocycles. The van der Waals surface area contributed by atoms with Crippen LogP contribution in [0.1, 0.15) is 42.1 Å². The minimum atomic E-state index is -3.84. The second kappa shape index (κ2) is 9.87. The number of esters is 1. The molecule has 0 unspecified atom stereocenters. The number of carbonyl (C=O) groups is 3. The van der Waals surface area contributed by atoms with Crippen LogP contribution in [0.5, 0.6) is 0 Å². The summed E-state index contributed by atoms with van der Waals surface area (Å²) in [6, 6.07) is 9.53. The molecule has 0 bridgehead atoms. The summed E-state index contributed by atoms with van der Waals surface area (Å²) in [7, 11) is -3.84. The van der Waals surface area contributed by atoms with Crippen LogP contribution < -0.4 is 10.2 Å². The van der Waals surface area contributed by atoms with Crippen LogP contribution in [0.3, 0.4) is 0 Å². The summed E-state index contributed by atoms with van der Waals surface area (Å²) in [6.45, 7) is 2.44. The van der Waals surface area contributed by atoms with Gasteiger partial charge in [-0.1, -0.05) is 15.9 Å². The zero-order valence-electron chi connectivity index (χ0n) is 18.7. The van der Waals surface area contributed by atoms with Crippen molar-refractivity contribution < 1.29 is 27.5 Å². The molecule has 2 aromatic carbocycles. The van der Waals surface area contributed by atoms with E-state index in [0.29, 0.717) is 34.4 Å². The lowest BCUT2D eigenvalue weighted by molar-refractivity contribution is -0.119. The summed E-state index contributed by atoms with van der Waals surface area (Å²) in [5.41, 5.74) is 2.07. The van der Waals surface area contributed by atoms with E-state index < -0.39 is 27.5 Å². The highest BCUT2D eigenvalue weighted by Gasteiger charge is 2.39. The maximum atomic E-state index is 13.2. The highest BCUT2D eigenvalue weighted by atomic mass is 79.9. The molecule has 34 heavy (non-hydrogen) atoms. The lowest BCUT2D eigenvalue weighted by atomic mass is 10.2. The van der Waals surface area contributed by atoms with E-state index in [1.165, 1.54) is 18.2 Å². The molecule has 10 heteroatoms. The maximum Gasteiger partial charge on any atom is 0.338 e. The van der Waals surface area contributed by atoms with E-state index in [1.54, 1.807) is 24.0 Å². The lowest BCUT2D eigenvalue weighted by Gasteiger charge is -2.20. The second-order valence-corrected chi connectivity index (χ2v) is 11.3. The van der Waals surface area contributed by atoms with E-state index in [-0.39, 0.29) is 29.7 Å². The molecule has 0 spiro atoms. The fraction of sp³-hybridized carbons (Fsp3) is 0.375. The zero-order valence-corrected chi connectivity index (χ0v) is 21.1. The Kier molecular flexibility index (Phi) is 7.09. The van der Waals surface area contributed by atoms with E-state index in [2.05, 4.69) is 21.2 Å². The molecule has 1 heterocycles. The number of nitrogens with one attached hydrogen (secondary N) is 1. The first kappa shape index (κ1) is 24.4. The third-order valence-corrected chi connectivity index (χ3v) is 7.98. The van der Waals surface area contributed by atoms with Gasteiger partial charge in [0.05, 0.1) is 28.5 Å². The average Bonchev–Trinajstić information content (AvgIpc) is 3.57. The Morgan fingerprint density at radius 1 is 1.15 bits per heavy atom. The van der Waals surface area contributed by atoms with Crippen molar-refractivity contribution in [1.29, 1.82) is 0 Å². The van der Waals surface area contributed by atoms with Gasteiger partial charge in [0.25, 0.3) is 0 Å². The van der Waals surface area contributed by atoms with Crippen molar-refractivity contribution in [1.82, 2.24) is 0 Å². The van der Waals surface area contributed by atoms with Gasteiger partial charge in [0.15, 0.2) is 9.84 Å². The van der Waals surface area contributed by atoms with E-state index in [4.69, 9.17) is 4.74 Å². The van der Waals surface area contributed by atoms with Gasteiger partial charge >= 0.3 is 5.97 Å². The third-order valence-electron chi connectivity index (χ3n) is 5.80. The van der Waals surface area contributed by atoms with Crippen LogP contribution in [-0.2, 0) is 30.6 Å². The highest BCUT2D eigenvalue weighted by Crippen LogP contribution is 2.41. The Bertz CT molecular complexity index is 1240. The van der Waals surface area contributed by atoms with Gasteiger partial charge in [-0.3, -0.25) is 9.59 Å². The van der Waals surface area contributed by atoms with Crippen LogP contribution in [0.4, 0.5) is 11.4 Å². The van der Waals surface area contributed by atoms with Crippen LogP contribution in [-0.4, -0.2) is 45.1 Å². The lowest BCUT2D eigenvalue weighted by Crippen LogP contribution is -2.31. The minimum absolute atomic E-state index is 0.0221. The molecule has 8 nitrogen and oxygen atoms in total. The number of halogens is 1. The predicted octanol–water partition coefficient (Wildman–Crippen LogP) is 3.73. The van der Waals surface area contributed by atoms with Gasteiger partial charge in [0.1, 0.15) is 0 Å². The number of amides is 2. The molecule has 2 aromatic rings. The number of hydrogen-bond donors (Lipinski definition) is 1. The molecule has 1 aliphatic heterocycles. The molecular weight excluding hydrogens is 524 g/mol. The fourth-order valence-electron chi connectivity index (χ4n) is 3.94. The van der Waals surface area contributed by atoms with Gasteiger partial charge in [-0.15, -0.1) is 0 Å². The number of ether oxygens (including phenoxy) is 1. The monoisotopic (exact) mass is 548 g/mol. The summed E-state index contributed by atoms with van der Waals surface area (Å²) in [5.74, 6) is -1.37. The molecular formula is C24H25BrN2O6S. The number of hydrogen-bond acceptors (Lipinski definition) is 6. The summed E-state index contributed by atoms with van der Waals surface area (Å²) in [5, 5.41) is 2.65. The van der Waals surface area contributed by atoms with E-state index >= 15 is 0 Å².